The maximum Gasteiger partial charge on any atom is 0.408 e. The van der Waals surface area contributed by atoms with Gasteiger partial charge < -0.3 is 25.0 Å². The first-order chi connectivity index (χ1) is 20.3. The Labute approximate surface area is 263 Å². The topological polar surface area (TPSA) is 114 Å². The molecule has 4 atom stereocenters. The lowest BCUT2D eigenvalue weighted by atomic mass is 9.94. The van der Waals surface area contributed by atoms with Crippen LogP contribution in [-0.2, 0) is 30.3 Å². The lowest BCUT2D eigenvalue weighted by Crippen LogP contribution is -2.55. The number of alkyl carbamates (subject to hydrolysis) is 1. The molecule has 0 aliphatic rings. The van der Waals surface area contributed by atoms with Gasteiger partial charge in [-0.3, -0.25) is 9.59 Å². The number of amides is 3. The molecular weight excluding hydrogens is 558 g/mol. The van der Waals surface area contributed by atoms with E-state index in [0.717, 1.165) is 16.7 Å². The van der Waals surface area contributed by atoms with Gasteiger partial charge in [0.25, 0.3) is 0 Å². The number of hydrogen-bond donors (Lipinski definition) is 2. The number of esters is 1. The number of ether oxygens (including phenoxy) is 2. The van der Waals surface area contributed by atoms with Crippen molar-refractivity contribution in [2.24, 2.45) is 5.92 Å². The van der Waals surface area contributed by atoms with Crippen LogP contribution in [0.2, 0.25) is 0 Å². The zero-order chi connectivity index (χ0) is 33.4. The highest BCUT2D eigenvalue weighted by atomic mass is 16.6. The Balaban J connectivity index is 2.53. The molecule has 9 nitrogen and oxygen atoms in total. The Bertz CT molecular complexity index is 1300. The van der Waals surface area contributed by atoms with Crippen molar-refractivity contribution in [3.63, 3.8) is 0 Å². The van der Waals surface area contributed by atoms with Crippen LogP contribution in [0.3, 0.4) is 0 Å². The van der Waals surface area contributed by atoms with Crippen LogP contribution in [0.25, 0.3) is 0 Å². The van der Waals surface area contributed by atoms with Gasteiger partial charge in [0.05, 0.1) is 0 Å². The van der Waals surface area contributed by atoms with Crippen LogP contribution in [0.4, 0.5) is 4.79 Å². The van der Waals surface area contributed by atoms with Crippen LogP contribution < -0.4 is 10.6 Å². The molecule has 2 aromatic rings. The van der Waals surface area contributed by atoms with Gasteiger partial charge in [-0.2, -0.15) is 0 Å². The monoisotopic (exact) mass is 609 g/mol. The van der Waals surface area contributed by atoms with Gasteiger partial charge in [0.2, 0.25) is 11.8 Å². The number of hydrogen-bond acceptors (Lipinski definition) is 6. The van der Waals surface area contributed by atoms with Gasteiger partial charge in [-0.05, 0) is 78.0 Å². The van der Waals surface area contributed by atoms with Crippen molar-refractivity contribution in [2.45, 2.75) is 111 Å². The van der Waals surface area contributed by atoms with E-state index in [1.54, 1.807) is 41.5 Å². The zero-order valence-corrected chi connectivity index (χ0v) is 28.2. The van der Waals surface area contributed by atoms with Gasteiger partial charge in [0.1, 0.15) is 29.3 Å². The average molecular weight is 610 g/mol. The van der Waals surface area contributed by atoms with Crippen LogP contribution in [0.1, 0.15) is 90.1 Å². The first kappa shape index (κ1) is 36.3. The minimum Gasteiger partial charge on any atom is -0.458 e. The van der Waals surface area contributed by atoms with Crippen molar-refractivity contribution >= 4 is 23.9 Å². The van der Waals surface area contributed by atoms with E-state index in [-0.39, 0.29) is 12.3 Å². The summed E-state index contributed by atoms with van der Waals surface area (Å²) < 4.78 is 11.1. The summed E-state index contributed by atoms with van der Waals surface area (Å²) in [5.41, 5.74) is 1.73. The van der Waals surface area contributed by atoms with E-state index < -0.39 is 53.2 Å². The predicted molar refractivity (Wildman–Crippen MR) is 172 cm³/mol. The highest BCUT2D eigenvalue weighted by Gasteiger charge is 2.38. The summed E-state index contributed by atoms with van der Waals surface area (Å²) >= 11 is 0. The lowest BCUT2D eigenvalue weighted by Gasteiger charge is -2.35. The van der Waals surface area contributed by atoms with Crippen molar-refractivity contribution in [1.82, 2.24) is 15.5 Å². The number of rotatable bonds is 11. The summed E-state index contributed by atoms with van der Waals surface area (Å²) in [7, 11) is 1.54. The summed E-state index contributed by atoms with van der Waals surface area (Å²) in [6.45, 7) is 18.1. The quantitative estimate of drug-likeness (QED) is 0.311. The molecule has 2 N–H and O–H groups in total. The highest BCUT2D eigenvalue weighted by Crippen LogP contribution is 2.27. The molecule has 0 heterocycles. The second-order valence-corrected chi connectivity index (χ2v) is 13.5. The normalized spacial score (nSPS) is 14.4. The van der Waals surface area contributed by atoms with E-state index in [1.165, 1.54) is 11.9 Å². The molecule has 2 rings (SSSR count). The number of carbonyl (C=O) groups is 4. The molecule has 0 aromatic heterocycles. The SMILES string of the molecule is CCC(C)C(NC(=O)OC(C)(C)C)C(=O)N(C)C(C(=O)NC(Cc1ccccc1)C(=O)OC(C)(C)C)c1ccc(C)cc1C. The number of benzene rings is 2. The molecule has 0 aliphatic carbocycles. The molecule has 0 fully saturated rings. The molecular formula is C35H51N3O6. The van der Waals surface area contributed by atoms with Crippen LogP contribution in [0.5, 0.6) is 0 Å². The molecule has 4 unspecified atom stereocenters. The van der Waals surface area contributed by atoms with Gasteiger partial charge in [-0.25, -0.2) is 9.59 Å². The molecule has 0 saturated carbocycles. The third-order valence-electron chi connectivity index (χ3n) is 7.14. The Morgan fingerprint density at radius 2 is 1.45 bits per heavy atom. The van der Waals surface area contributed by atoms with Crippen molar-refractivity contribution in [3.8, 4) is 0 Å². The van der Waals surface area contributed by atoms with Gasteiger partial charge in [-0.15, -0.1) is 0 Å². The van der Waals surface area contributed by atoms with E-state index in [4.69, 9.17) is 9.47 Å². The number of aryl methyl sites for hydroxylation is 2. The van der Waals surface area contributed by atoms with Gasteiger partial charge in [0, 0.05) is 13.5 Å². The standard InChI is InChI=1S/C35H51N3O6/c1-12-23(3)28(37-33(42)44-35(8,9)10)31(40)38(11)29(26-19-18-22(2)20-24(26)4)30(39)36-27(32(41)43-34(5,6)7)21-25-16-14-13-15-17-25/h13-20,23,27-29H,12,21H2,1-11H3,(H,36,39)(H,37,42). The summed E-state index contributed by atoms with van der Waals surface area (Å²) in [6.07, 6.45) is 0.0807. The first-order valence-electron chi connectivity index (χ1n) is 15.2. The molecule has 242 valence electrons. The molecule has 3 amide bonds. The fraction of sp³-hybridized carbons (Fsp3) is 0.543. The number of likely N-dealkylation sites (N-methyl/N-ethyl adjacent to an activating group) is 1. The van der Waals surface area contributed by atoms with Crippen LogP contribution in [0, 0.1) is 19.8 Å². The van der Waals surface area contributed by atoms with Crippen molar-refractivity contribution in [3.05, 3.63) is 70.8 Å². The number of nitrogens with zero attached hydrogens (tertiary/aromatic N) is 1. The molecule has 0 radical (unpaired) electrons. The third kappa shape index (κ3) is 11.0. The second-order valence-electron chi connectivity index (χ2n) is 13.5. The number of carbonyl (C=O) groups excluding carboxylic acids is 4. The van der Waals surface area contributed by atoms with E-state index >= 15 is 0 Å². The molecule has 0 spiro atoms. The van der Waals surface area contributed by atoms with Crippen LogP contribution >= 0.6 is 0 Å². The lowest BCUT2D eigenvalue weighted by molar-refractivity contribution is -0.159. The second kappa shape index (κ2) is 15.2. The molecule has 0 bridgehead atoms. The Hall–Kier alpha value is -3.88. The van der Waals surface area contributed by atoms with E-state index in [9.17, 15) is 19.2 Å². The fourth-order valence-corrected chi connectivity index (χ4v) is 4.79. The Morgan fingerprint density at radius 1 is 0.864 bits per heavy atom. The Morgan fingerprint density at radius 3 is 1.98 bits per heavy atom. The summed E-state index contributed by atoms with van der Waals surface area (Å²) in [5, 5.41) is 5.63. The summed E-state index contributed by atoms with van der Waals surface area (Å²) in [4.78, 5) is 55.8. The van der Waals surface area contributed by atoms with Gasteiger partial charge >= 0.3 is 12.1 Å². The molecule has 9 heteroatoms. The fourth-order valence-electron chi connectivity index (χ4n) is 4.79. The Kier molecular flexibility index (Phi) is 12.6. The van der Waals surface area contributed by atoms with Crippen LogP contribution in [0.15, 0.2) is 48.5 Å². The van der Waals surface area contributed by atoms with E-state index in [1.807, 2.05) is 76.2 Å². The first-order valence-corrected chi connectivity index (χ1v) is 15.2. The maximum absolute atomic E-state index is 14.2. The van der Waals surface area contributed by atoms with Crippen molar-refractivity contribution in [2.75, 3.05) is 7.05 Å². The molecule has 44 heavy (non-hydrogen) atoms. The van der Waals surface area contributed by atoms with Crippen molar-refractivity contribution in [1.29, 1.82) is 0 Å². The van der Waals surface area contributed by atoms with Crippen molar-refractivity contribution < 1.29 is 28.7 Å². The largest absolute Gasteiger partial charge is 0.458 e. The minimum absolute atomic E-state index is 0.203. The zero-order valence-electron chi connectivity index (χ0n) is 28.2. The van der Waals surface area contributed by atoms with Gasteiger partial charge in [0.15, 0.2) is 0 Å². The highest BCUT2D eigenvalue weighted by molar-refractivity contribution is 5.94. The predicted octanol–water partition coefficient (Wildman–Crippen LogP) is 5.81. The third-order valence-corrected chi connectivity index (χ3v) is 7.14. The molecule has 0 saturated heterocycles. The van der Waals surface area contributed by atoms with E-state index in [0.29, 0.717) is 12.0 Å². The maximum atomic E-state index is 14.2. The minimum atomic E-state index is -1.10. The van der Waals surface area contributed by atoms with E-state index in [2.05, 4.69) is 10.6 Å². The average Bonchev–Trinajstić information content (AvgIpc) is 2.90. The smallest absolute Gasteiger partial charge is 0.408 e. The molecule has 0 aliphatic heterocycles. The van der Waals surface area contributed by atoms with Gasteiger partial charge in [-0.1, -0.05) is 74.4 Å². The summed E-state index contributed by atoms with van der Waals surface area (Å²) in [6, 6.07) is 11.9. The van der Waals surface area contributed by atoms with Crippen LogP contribution in [-0.4, -0.2) is 59.1 Å². The summed E-state index contributed by atoms with van der Waals surface area (Å²) in [5.74, 6) is -1.83. The molecule has 2 aromatic carbocycles. The number of nitrogens with one attached hydrogen (secondary N) is 2.